The second-order valence-electron chi connectivity index (χ2n) is 7.02. The van der Waals surface area contributed by atoms with Crippen molar-refractivity contribution in [2.24, 2.45) is 5.73 Å². The lowest BCUT2D eigenvalue weighted by atomic mass is 10.0. The van der Waals surface area contributed by atoms with Gasteiger partial charge in [0.15, 0.2) is 0 Å². The van der Waals surface area contributed by atoms with Crippen LogP contribution < -0.4 is 11.1 Å². The van der Waals surface area contributed by atoms with Crippen molar-refractivity contribution in [2.75, 3.05) is 23.9 Å². The Hall–Kier alpha value is -2.31. The largest absolute Gasteiger partial charge is 0.332 e. The van der Waals surface area contributed by atoms with Crippen LogP contribution in [-0.4, -0.2) is 41.3 Å². The molecule has 0 aliphatic carbocycles. The average molecular weight is 398 g/mol. The van der Waals surface area contributed by atoms with Gasteiger partial charge in [-0.2, -0.15) is 11.8 Å². The zero-order valence-corrected chi connectivity index (χ0v) is 17.0. The summed E-state index contributed by atoms with van der Waals surface area (Å²) in [7, 11) is 0. The van der Waals surface area contributed by atoms with Crippen molar-refractivity contribution in [1.82, 2.24) is 4.90 Å². The molecule has 0 aromatic heterocycles. The smallest absolute Gasteiger partial charge is 0.254 e. The molecule has 2 amide bonds. The van der Waals surface area contributed by atoms with Gasteiger partial charge in [0, 0.05) is 17.8 Å². The zero-order valence-electron chi connectivity index (χ0n) is 16.1. The molecule has 0 radical (unpaired) electrons. The van der Waals surface area contributed by atoms with Crippen molar-refractivity contribution in [3.63, 3.8) is 0 Å². The maximum absolute atomic E-state index is 13.0. The van der Waals surface area contributed by atoms with Crippen LogP contribution in [0.3, 0.4) is 0 Å². The van der Waals surface area contributed by atoms with Crippen molar-refractivity contribution >= 4 is 29.3 Å². The van der Waals surface area contributed by atoms with E-state index in [2.05, 4.69) is 17.4 Å². The summed E-state index contributed by atoms with van der Waals surface area (Å²) in [5, 5.41) is 2.82. The zero-order chi connectivity index (χ0) is 19.9. The van der Waals surface area contributed by atoms with E-state index >= 15 is 0 Å². The fourth-order valence-electron chi connectivity index (χ4n) is 3.50. The number of anilines is 1. The standard InChI is InChI=1S/C22H27N3O2S/c1-28-15-13-19(23)21(26)24-18-11-9-17(10-12-18)22(27)25-14-5-8-20(25)16-6-3-2-4-7-16/h2-4,6-7,9-12,19-20H,5,8,13-15,23H2,1H3,(H,24,26)/t19-,20?/m0/s1. The predicted molar refractivity (Wildman–Crippen MR) is 115 cm³/mol. The van der Waals surface area contributed by atoms with Crippen LogP contribution >= 0.6 is 11.8 Å². The Bertz CT molecular complexity index is 795. The molecule has 28 heavy (non-hydrogen) atoms. The first-order valence-electron chi connectivity index (χ1n) is 9.61. The van der Waals surface area contributed by atoms with Gasteiger partial charge in [-0.1, -0.05) is 30.3 Å². The molecule has 0 saturated carbocycles. The minimum atomic E-state index is -0.523. The maximum atomic E-state index is 13.0. The van der Waals surface area contributed by atoms with Gasteiger partial charge in [0.05, 0.1) is 12.1 Å². The number of thioether (sulfide) groups is 1. The number of benzene rings is 2. The molecule has 0 bridgehead atoms. The fraction of sp³-hybridized carbons (Fsp3) is 0.364. The number of hydrogen-bond acceptors (Lipinski definition) is 4. The first kappa shape index (κ1) is 20.4. The highest BCUT2D eigenvalue weighted by Crippen LogP contribution is 2.33. The normalized spacial score (nSPS) is 17.4. The summed E-state index contributed by atoms with van der Waals surface area (Å²) in [4.78, 5) is 27.1. The van der Waals surface area contributed by atoms with Crippen LogP contribution in [0.4, 0.5) is 5.69 Å². The Morgan fingerprint density at radius 2 is 1.89 bits per heavy atom. The van der Waals surface area contributed by atoms with E-state index in [1.54, 1.807) is 36.0 Å². The quantitative estimate of drug-likeness (QED) is 0.747. The molecule has 1 aliphatic rings. The summed E-state index contributed by atoms with van der Waals surface area (Å²) in [6.45, 7) is 0.765. The Labute approximate surface area is 170 Å². The molecule has 2 aromatic carbocycles. The van der Waals surface area contributed by atoms with E-state index in [-0.39, 0.29) is 17.9 Å². The van der Waals surface area contributed by atoms with Gasteiger partial charge in [-0.3, -0.25) is 9.59 Å². The molecular formula is C22H27N3O2S. The van der Waals surface area contributed by atoms with E-state index in [1.165, 1.54) is 5.56 Å². The predicted octanol–water partition coefficient (Wildman–Crippen LogP) is 3.68. The molecule has 3 N–H and O–H groups in total. The monoisotopic (exact) mass is 397 g/mol. The minimum absolute atomic E-state index is 0.0286. The van der Waals surface area contributed by atoms with Crippen molar-refractivity contribution < 1.29 is 9.59 Å². The summed E-state index contributed by atoms with van der Waals surface area (Å²) in [6, 6.07) is 16.8. The van der Waals surface area contributed by atoms with Gasteiger partial charge in [0.1, 0.15) is 0 Å². The highest BCUT2D eigenvalue weighted by atomic mass is 32.2. The molecular weight excluding hydrogens is 370 g/mol. The first-order chi connectivity index (χ1) is 13.6. The third-order valence-corrected chi connectivity index (χ3v) is 5.71. The molecule has 1 aliphatic heterocycles. The number of carbonyl (C=O) groups is 2. The second-order valence-corrected chi connectivity index (χ2v) is 8.01. The number of nitrogens with zero attached hydrogens (tertiary/aromatic N) is 1. The number of carbonyl (C=O) groups excluding carboxylic acids is 2. The van der Waals surface area contributed by atoms with Crippen LogP contribution in [-0.2, 0) is 4.79 Å². The number of likely N-dealkylation sites (tertiary alicyclic amines) is 1. The molecule has 3 rings (SSSR count). The molecule has 5 nitrogen and oxygen atoms in total. The summed E-state index contributed by atoms with van der Waals surface area (Å²) >= 11 is 1.67. The third-order valence-electron chi connectivity index (χ3n) is 5.07. The third kappa shape index (κ3) is 4.94. The van der Waals surface area contributed by atoms with Crippen LogP contribution in [0.15, 0.2) is 54.6 Å². The van der Waals surface area contributed by atoms with Crippen LogP contribution in [0.1, 0.15) is 41.2 Å². The summed E-state index contributed by atoms with van der Waals surface area (Å²) in [5.41, 5.74) is 8.36. The number of rotatable bonds is 7. The number of nitrogens with two attached hydrogens (primary N) is 1. The number of nitrogens with one attached hydrogen (secondary N) is 1. The fourth-order valence-corrected chi connectivity index (χ4v) is 3.99. The maximum Gasteiger partial charge on any atom is 0.254 e. The highest BCUT2D eigenvalue weighted by molar-refractivity contribution is 7.98. The lowest BCUT2D eigenvalue weighted by molar-refractivity contribution is -0.117. The molecule has 148 valence electrons. The van der Waals surface area contributed by atoms with Crippen LogP contribution in [0.2, 0.25) is 0 Å². The van der Waals surface area contributed by atoms with E-state index in [0.29, 0.717) is 17.7 Å². The van der Waals surface area contributed by atoms with Crippen LogP contribution in [0.5, 0.6) is 0 Å². The van der Waals surface area contributed by atoms with Crippen LogP contribution in [0, 0.1) is 0 Å². The average Bonchev–Trinajstić information content (AvgIpc) is 3.22. The van der Waals surface area contributed by atoms with E-state index in [1.807, 2.05) is 29.4 Å². The Morgan fingerprint density at radius 3 is 2.57 bits per heavy atom. The first-order valence-corrected chi connectivity index (χ1v) is 11.0. The number of amides is 2. The van der Waals surface area contributed by atoms with Crippen molar-refractivity contribution in [2.45, 2.75) is 31.3 Å². The lowest BCUT2D eigenvalue weighted by Crippen LogP contribution is -2.36. The molecule has 1 heterocycles. The Kier molecular flexibility index (Phi) is 7.12. The molecule has 1 saturated heterocycles. The van der Waals surface area contributed by atoms with Crippen molar-refractivity contribution in [3.8, 4) is 0 Å². The Morgan fingerprint density at radius 1 is 1.18 bits per heavy atom. The van der Waals surface area contributed by atoms with E-state index in [4.69, 9.17) is 5.73 Å². The summed E-state index contributed by atoms with van der Waals surface area (Å²) in [5.74, 6) is 0.679. The molecule has 2 atom stereocenters. The summed E-state index contributed by atoms with van der Waals surface area (Å²) < 4.78 is 0. The highest BCUT2D eigenvalue weighted by Gasteiger charge is 2.30. The van der Waals surface area contributed by atoms with Gasteiger partial charge in [0.25, 0.3) is 5.91 Å². The number of hydrogen-bond donors (Lipinski definition) is 2. The van der Waals surface area contributed by atoms with E-state index in [0.717, 1.165) is 25.1 Å². The molecule has 1 unspecified atom stereocenters. The lowest BCUT2D eigenvalue weighted by Gasteiger charge is -2.25. The molecule has 2 aromatic rings. The van der Waals surface area contributed by atoms with Crippen molar-refractivity contribution in [1.29, 1.82) is 0 Å². The van der Waals surface area contributed by atoms with E-state index in [9.17, 15) is 9.59 Å². The topological polar surface area (TPSA) is 75.4 Å². The van der Waals surface area contributed by atoms with E-state index < -0.39 is 6.04 Å². The van der Waals surface area contributed by atoms with Crippen molar-refractivity contribution in [3.05, 3.63) is 65.7 Å². The Balaban J connectivity index is 1.64. The molecule has 0 spiro atoms. The molecule has 6 heteroatoms. The second kappa shape index (κ2) is 9.75. The summed E-state index contributed by atoms with van der Waals surface area (Å²) in [6.07, 6.45) is 4.62. The SMILES string of the molecule is CSCC[C@H](N)C(=O)Nc1ccc(C(=O)N2CCCC2c2ccccc2)cc1. The van der Waals surface area contributed by atoms with Gasteiger partial charge in [0.2, 0.25) is 5.91 Å². The van der Waals surface area contributed by atoms with Gasteiger partial charge in [-0.15, -0.1) is 0 Å². The van der Waals surface area contributed by atoms with Gasteiger partial charge < -0.3 is 16.0 Å². The minimum Gasteiger partial charge on any atom is -0.332 e. The van der Waals surface area contributed by atoms with Gasteiger partial charge >= 0.3 is 0 Å². The molecule has 1 fully saturated rings. The van der Waals surface area contributed by atoms with Gasteiger partial charge in [-0.05, 0) is 61.1 Å². The van der Waals surface area contributed by atoms with Gasteiger partial charge in [-0.25, -0.2) is 0 Å². The van der Waals surface area contributed by atoms with Crippen LogP contribution in [0.25, 0.3) is 0 Å².